The molecular formula is C10H22N2. The Balaban J connectivity index is 2.09. The molecule has 0 saturated carbocycles. The van der Waals surface area contributed by atoms with E-state index in [-0.39, 0.29) is 0 Å². The van der Waals surface area contributed by atoms with Crippen LogP contribution < -0.4 is 0 Å². The van der Waals surface area contributed by atoms with Gasteiger partial charge in [0.1, 0.15) is 0 Å². The summed E-state index contributed by atoms with van der Waals surface area (Å²) in [5.74, 6) is 0. The second-order valence-corrected chi connectivity index (χ2v) is 3.63. The third kappa shape index (κ3) is 3.11. The van der Waals surface area contributed by atoms with Gasteiger partial charge in [-0.1, -0.05) is 20.3 Å². The van der Waals surface area contributed by atoms with Gasteiger partial charge in [-0.2, -0.15) is 0 Å². The smallest absolute Gasteiger partial charge is 0.0110 e. The molecule has 0 amide bonds. The molecule has 1 heterocycles. The highest BCUT2D eigenvalue weighted by molar-refractivity contribution is 4.70. The second-order valence-electron chi connectivity index (χ2n) is 3.63. The molecule has 1 aliphatic rings. The van der Waals surface area contributed by atoms with Crippen molar-refractivity contribution in [3.63, 3.8) is 0 Å². The third-order valence-corrected chi connectivity index (χ3v) is 2.74. The lowest BCUT2D eigenvalue weighted by molar-refractivity contribution is 0.136. The summed E-state index contributed by atoms with van der Waals surface area (Å²) in [5.41, 5.74) is 0. The van der Waals surface area contributed by atoms with Gasteiger partial charge in [0.2, 0.25) is 0 Å². The molecule has 1 rings (SSSR count). The van der Waals surface area contributed by atoms with Crippen molar-refractivity contribution in [3.05, 3.63) is 0 Å². The molecule has 0 aromatic carbocycles. The van der Waals surface area contributed by atoms with Crippen LogP contribution in [-0.4, -0.2) is 49.1 Å². The number of hydrogen-bond donors (Lipinski definition) is 0. The van der Waals surface area contributed by atoms with Crippen LogP contribution in [0.2, 0.25) is 0 Å². The average molecular weight is 170 g/mol. The van der Waals surface area contributed by atoms with Gasteiger partial charge in [-0.05, 0) is 19.5 Å². The molecule has 0 aliphatic carbocycles. The summed E-state index contributed by atoms with van der Waals surface area (Å²) < 4.78 is 0. The van der Waals surface area contributed by atoms with E-state index in [4.69, 9.17) is 0 Å². The highest BCUT2D eigenvalue weighted by Gasteiger charge is 2.13. The lowest BCUT2D eigenvalue weighted by atomic mass is 10.2. The lowest BCUT2D eigenvalue weighted by Crippen LogP contribution is -2.46. The first kappa shape index (κ1) is 10.0. The number of hydrogen-bond acceptors (Lipinski definition) is 2. The van der Waals surface area contributed by atoms with E-state index in [1.54, 1.807) is 0 Å². The normalized spacial score (nSPS) is 21.5. The highest BCUT2D eigenvalue weighted by Crippen LogP contribution is 2.02. The van der Waals surface area contributed by atoms with Crippen molar-refractivity contribution < 1.29 is 0 Å². The van der Waals surface area contributed by atoms with Crippen LogP contribution in [0.3, 0.4) is 0 Å². The summed E-state index contributed by atoms with van der Waals surface area (Å²) >= 11 is 0. The van der Waals surface area contributed by atoms with E-state index in [0.717, 1.165) is 0 Å². The van der Waals surface area contributed by atoms with E-state index in [1.807, 2.05) is 0 Å². The van der Waals surface area contributed by atoms with Crippen LogP contribution in [0.25, 0.3) is 0 Å². The summed E-state index contributed by atoms with van der Waals surface area (Å²) in [7, 11) is 0. The third-order valence-electron chi connectivity index (χ3n) is 2.74. The van der Waals surface area contributed by atoms with E-state index in [1.165, 1.54) is 52.1 Å². The zero-order valence-electron chi connectivity index (χ0n) is 8.55. The van der Waals surface area contributed by atoms with Gasteiger partial charge < -0.3 is 9.80 Å². The molecule has 0 atom stereocenters. The minimum atomic E-state index is 1.22. The Morgan fingerprint density at radius 2 is 1.50 bits per heavy atom. The van der Waals surface area contributed by atoms with E-state index in [9.17, 15) is 0 Å². The van der Waals surface area contributed by atoms with E-state index in [0.29, 0.717) is 0 Å². The first-order chi connectivity index (χ1) is 5.86. The van der Waals surface area contributed by atoms with Gasteiger partial charge in [0.25, 0.3) is 0 Å². The second kappa shape index (κ2) is 5.55. The Hall–Kier alpha value is -0.0800. The monoisotopic (exact) mass is 170 g/mol. The van der Waals surface area contributed by atoms with Gasteiger partial charge in [-0.15, -0.1) is 0 Å². The molecule has 0 N–H and O–H groups in total. The quantitative estimate of drug-likeness (QED) is 0.629. The molecule has 2 nitrogen and oxygen atoms in total. The summed E-state index contributed by atoms with van der Waals surface area (Å²) in [5, 5.41) is 0. The van der Waals surface area contributed by atoms with Crippen molar-refractivity contribution in [2.24, 2.45) is 0 Å². The molecular weight excluding hydrogens is 148 g/mol. The van der Waals surface area contributed by atoms with Gasteiger partial charge in [0.15, 0.2) is 0 Å². The van der Waals surface area contributed by atoms with Gasteiger partial charge in [0.05, 0.1) is 0 Å². The number of likely N-dealkylation sites (N-methyl/N-ethyl adjacent to an activating group) is 1. The molecule has 0 spiro atoms. The van der Waals surface area contributed by atoms with Crippen LogP contribution in [0.1, 0.15) is 26.7 Å². The maximum atomic E-state index is 2.59. The summed E-state index contributed by atoms with van der Waals surface area (Å²) in [6, 6.07) is 0. The van der Waals surface area contributed by atoms with Crippen LogP contribution in [0.5, 0.6) is 0 Å². The van der Waals surface area contributed by atoms with Gasteiger partial charge in [0, 0.05) is 26.2 Å². The minimum absolute atomic E-state index is 1.22. The van der Waals surface area contributed by atoms with Crippen LogP contribution >= 0.6 is 0 Å². The fourth-order valence-corrected chi connectivity index (χ4v) is 1.71. The first-order valence-corrected chi connectivity index (χ1v) is 5.31. The summed E-state index contributed by atoms with van der Waals surface area (Å²) in [6.07, 6.45) is 2.69. The Morgan fingerprint density at radius 3 is 2.00 bits per heavy atom. The summed E-state index contributed by atoms with van der Waals surface area (Å²) in [4.78, 5) is 5.12. The zero-order valence-corrected chi connectivity index (χ0v) is 8.55. The molecule has 1 aliphatic heterocycles. The van der Waals surface area contributed by atoms with Crippen LogP contribution in [0.15, 0.2) is 0 Å². The highest BCUT2D eigenvalue weighted by atomic mass is 15.3. The number of rotatable bonds is 4. The standard InChI is InChI=1S/C10H22N2/c1-3-5-6-12-9-7-11(4-2)8-10-12/h3-10H2,1-2H3. The zero-order chi connectivity index (χ0) is 8.81. The first-order valence-electron chi connectivity index (χ1n) is 5.31. The van der Waals surface area contributed by atoms with Crippen molar-refractivity contribution in [1.82, 2.24) is 9.80 Å². The largest absolute Gasteiger partial charge is 0.301 e. The molecule has 0 aromatic heterocycles. The Kier molecular flexibility index (Phi) is 4.62. The maximum absolute atomic E-state index is 2.59. The Labute approximate surface area is 76.5 Å². The molecule has 2 heteroatoms. The van der Waals surface area contributed by atoms with E-state index < -0.39 is 0 Å². The Morgan fingerprint density at radius 1 is 0.917 bits per heavy atom. The van der Waals surface area contributed by atoms with Crippen LogP contribution in [0.4, 0.5) is 0 Å². The lowest BCUT2D eigenvalue weighted by Gasteiger charge is -2.33. The van der Waals surface area contributed by atoms with Crippen LogP contribution in [-0.2, 0) is 0 Å². The van der Waals surface area contributed by atoms with Crippen molar-refractivity contribution in [1.29, 1.82) is 0 Å². The van der Waals surface area contributed by atoms with Crippen molar-refractivity contribution in [2.45, 2.75) is 26.7 Å². The van der Waals surface area contributed by atoms with E-state index >= 15 is 0 Å². The van der Waals surface area contributed by atoms with Crippen molar-refractivity contribution >= 4 is 0 Å². The summed E-state index contributed by atoms with van der Waals surface area (Å²) in [6.45, 7) is 12.2. The molecule has 1 saturated heterocycles. The number of unbranched alkanes of at least 4 members (excludes halogenated alkanes) is 1. The molecule has 0 aromatic rings. The van der Waals surface area contributed by atoms with E-state index in [2.05, 4.69) is 23.6 Å². The number of nitrogens with zero attached hydrogens (tertiary/aromatic N) is 2. The predicted octanol–water partition coefficient (Wildman–Crippen LogP) is 1.42. The molecule has 72 valence electrons. The van der Waals surface area contributed by atoms with Gasteiger partial charge >= 0.3 is 0 Å². The molecule has 1 fully saturated rings. The molecule has 0 unspecified atom stereocenters. The van der Waals surface area contributed by atoms with Gasteiger partial charge in [-0.25, -0.2) is 0 Å². The molecule has 0 radical (unpaired) electrons. The fourth-order valence-electron chi connectivity index (χ4n) is 1.71. The minimum Gasteiger partial charge on any atom is -0.301 e. The number of piperazine rings is 1. The van der Waals surface area contributed by atoms with Gasteiger partial charge in [-0.3, -0.25) is 0 Å². The maximum Gasteiger partial charge on any atom is 0.0110 e. The average Bonchev–Trinajstić information content (AvgIpc) is 2.15. The fraction of sp³-hybridized carbons (Fsp3) is 1.00. The predicted molar refractivity (Wildman–Crippen MR) is 53.5 cm³/mol. The molecule has 12 heavy (non-hydrogen) atoms. The molecule has 0 bridgehead atoms. The van der Waals surface area contributed by atoms with Crippen LogP contribution in [0, 0.1) is 0 Å². The van der Waals surface area contributed by atoms with Crippen molar-refractivity contribution in [2.75, 3.05) is 39.3 Å². The SMILES string of the molecule is CCCCN1CCN(CC)CC1. The topological polar surface area (TPSA) is 6.48 Å². The van der Waals surface area contributed by atoms with Crippen molar-refractivity contribution in [3.8, 4) is 0 Å². The Bertz CT molecular complexity index is 106.